The van der Waals surface area contributed by atoms with Crippen molar-refractivity contribution >= 4 is 108 Å². The van der Waals surface area contributed by atoms with Crippen LogP contribution >= 0.6 is 0 Å². The van der Waals surface area contributed by atoms with Gasteiger partial charge in [-0.25, -0.2) is 0 Å². The molecule has 14 aromatic rings. The monoisotopic (exact) mass is 759 g/mol. The van der Waals surface area contributed by atoms with E-state index in [4.69, 9.17) is 4.42 Å². The highest BCUT2D eigenvalue weighted by Gasteiger charge is 2.20. The molecule has 0 amide bonds. The maximum Gasteiger partial charge on any atom is 0.135 e. The molecular weight excluding hydrogens is 727 g/mol. The molecule has 12 aromatic carbocycles. The van der Waals surface area contributed by atoms with E-state index in [-0.39, 0.29) is 0 Å². The van der Waals surface area contributed by atoms with Crippen molar-refractivity contribution in [2.24, 2.45) is 0 Å². The maximum atomic E-state index is 6.48. The lowest BCUT2D eigenvalue weighted by atomic mass is 9.89. The standard InChI is InChI=1S/C58H33NO/c1-2-11-40(12-3-1)59-51-16-7-6-15-47(51)58-52(59)28-27-46-43-25-21-37(31-48(43)42-13-4-5-14-44(42)57(46)58)38-22-29-53-49(32-38)50-33-39(23-30-54(50)60-53)41-24-19-36-18-17-34-9-8-10-35-20-26-45(41)56(36)55(34)35/h1-33H. The van der Waals surface area contributed by atoms with Gasteiger partial charge in [-0.15, -0.1) is 0 Å². The van der Waals surface area contributed by atoms with Crippen molar-refractivity contribution in [3.05, 3.63) is 200 Å². The Morgan fingerprint density at radius 1 is 0.283 bits per heavy atom. The lowest BCUT2D eigenvalue weighted by molar-refractivity contribution is 0.669. The van der Waals surface area contributed by atoms with E-state index in [2.05, 4.69) is 205 Å². The smallest absolute Gasteiger partial charge is 0.135 e. The van der Waals surface area contributed by atoms with Gasteiger partial charge in [0, 0.05) is 32.6 Å². The highest BCUT2D eigenvalue weighted by atomic mass is 16.3. The summed E-state index contributed by atoms with van der Waals surface area (Å²) >= 11 is 0. The summed E-state index contributed by atoms with van der Waals surface area (Å²) in [5.41, 5.74) is 10.2. The third-order valence-corrected chi connectivity index (χ3v) is 13.3. The van der Waals surface area contributed by atoms with Gasteiger partial charge < -0.3 is 8.98 Å². The summed E-state index contributed by atoms with van der Waals surface area (Å²) in [6.45, 7) is 0. The first-order valence-electron chi connectivity index (χ1n) is 20.7. The lowest BCUT2D eigenvalue weighted by Crippen LogP contribution is -1.93. The predicted molar refractivity (Wildman–Crippen MR) is 255 cm³/mol. The van der Waals surface area contributed by atoms with Crippen molar-refractivity contribution < 1.29 is 4.42 Å². The van der Waals surface area contributed by atoms with Crippen molar-refractivity contribution in [1.82, 2.24) is 4.57 Å². The number of nitrogens with zero attached hydrogens (tertiary/aromatic N) is 1. The van der Waals surface area contributed by atoms with Crippen LogP contribution in [0.15, 0.2) is 205 Å². The van der Waals surface area contributed by atoms with E-state index in [1.165, 1.54) is 114 Å². The second kappa shape index (κ2) is 11.8. The summed E-state index contributed by atoms with van der Waals surface area (Å²) < 4.78 is 8.90. The molecule has 0 aliphatic heterocycles. The van der Waals surface area contributed by atoms with Crippen LogP contribution in [-0.4, -0.2) is 4.57 Å². The molecule has 0 saturated heterocycles. The fraction of sp³-hybridized carbons (Fsp3) is 0. The number of benzene rings is 12. The van der Waals surface area contributed by atoms with Gasteiger partial charge in [0.2, 0.25) is 0 Å². The highest BCUT2D eigenvalue weighted by molar-refractivity contribution is 6.35. The van der Waals surface area contributed by atoms with Crippen LogP contribution in [0.4, 0.5) is 0 Å². The largest absolute Gasteiger partial charge is 0.456 e. The average molecular weight is 760 g/mol. The topological polar surface area (TPSA) is 18.1 Å². The first-order chi connectivity index (χ1) is 29.7. The normalized spacial score (nSPS) is 12.3. The van der Waals surface area contributed by atoms with Gasteiger partial charge in [-0.05, 0) is 136 Å². The zero-order valence-electron chi connectivity index (χ0n) is 32.4. The summed E-state index contributed by atoms with van der Waals surface area (Å²) in [6, 6.07) is 73.8. The molecular formula is C58H33NO. The predicted octanol–water partition coefficient (Wildman–Crippen LogP) is 16.4. The van der Waals surface area contributed by atoms with Gasteiger partial charge >= 0.3 is 0 Å². The van der Waals surface area contributed by atoms with Crippen molar-refractivity contribution in [1.29, 1.82) is 0 Å². The first-order valence-corrected chi connectivity index (χ1v) is 20.7. The Labute approximate surface area is 344 Å². The number of furan rings is 1. The fourth-order valence-electron chi connectivity index (χ4n) is 10.6. The first kappa shape index (κ1) is 32.1. The van der Waals surface area contributed by atoms with Gasteiger partial charge in [-0.2, -0.15) is 0 Å². The van der Waals surface area contributed by atoms with E-state index in [1.807, 2.05) is 0 Å². The molecule has 0 bridgehead atoms. The third-order valence-electron chi connectivity index (χ3n) is 13.3. The summed E-state index contributed by atoms with van der Waals surface area (Å²) in [5, 5.41) is 20.3. The second-order valence-corrected chi connectivity index (χ2v) is 16.4. The van der Waals surface area contributed by atoms with Crippen molar-refractivity contribution in [2.45, 2.75) is 0 Å². The van der Waals surface area contributed by atoms with E-state index in [9.17, 15) is 0 Å². The van der Waals surface area contributed by atoms with Crippen molar-refractivity contribution in [3.8, 4) is 27.9 Å². The minimum Gasteiger partial charge on any atom is -0.456 e. The maximum absolute atomic E-state index is 6.48. The molecule has 14 rings (SSSR count). The molecule has 0 spiro atoms. The van der Waals surface area contributed by atoms with Crippen LogP contribution < -0.4 is 0 Å². The van der Waals surface area contributed by atoms with E-state index < -0.39 is 0 Å². The average Bonchev–Trinajstić information content (AvgIpc) is 3.86. The summed E-state index contributed by atoms with van der Waals surface area (Å²) in [6.07, 6.45) is 0. The van der Waals surface area contributed by atoms with Crippen molar-refractivity contribution in [3.63, 3.8) is 0 Å². The zero-order valence-corrected chi connectivity index (χ0v) is 32.4. The lowest BCUT2D eigenvalue weighted by Gasteiger charge is -2.14. The Kier molecular flexibility index (Phi) is 6.32. The Morgan fingerprint density at radius 3 is 1.67 bits per heavy atom. The molecule has 0 fully saturated rings. The fourth-order valence-corrected chi connectivity index (χ4v) is 10.6. The number of rotatable bonds is 3. The molecule has 2 nitrogen and oxygen atoms in total. The number of aromatic nitrogens is 1. The van der Waals surface area contributed by atoms with Crippen LogP contribution in [0.2, 0.25) is 0 Å². The molecule has 2 heterocycles. The Hall–Kier alpha value is -7.94. The van der Waals surface area contributed by atoms with Gasteiger partial charge in [0.05, 0.1) is 11.0 Å². The number of para-hydroxylation sites is 2. The van der Waals surface area contributed by atoms with Crippen LogP contribution in [0.5, 0.6) is 0 Å². The quantitative estimate of drug-likeness (QED) is 0.164. The van der Waals surface area contributed by atoms with Crippen LogP contribution in [0.1, 0.15) is 0 Å². The SMILES string of the molecule is c1ccc(-n2c3ccccc3c3c4c5ccccc5c5cc(-c6ccc7oc8ccc(-c9ccc%10ccc%11cccc%12ccc9c%10c%11%12)cc8c7c6)ccc5c4ccc32)cc1. The molecule has 0 aliphatic rings. The molecule has 0 unspecified atom stereocenters. The van der Waals surface area contributed by atoms with E-state index in [0.29, 0.717) is 0 Å². The van der Waals surface area contributed by atoms with Crippen LogP contribution in [0, 0.1) is 0 Å². The molecule has 0 radical (unpaired) electrons. The molecule has 0 atom stereocenters. The Bertz CT molecular complexity index is 4070. The van der Waals surface area contributed by atoms with E-state index in [0.717, 1.165) is 21.9 Å². The number of hydrogen-bond acceptors (Lipinski definition) is 1. The van der Waals surface area contributed by atoms with Gasteiger partial charge in [0.15, 0.2) is 0 Å². The minimum atomic E-state index is 0.900. The van der Waals surface area contributed by atoms with Crippen LogP contribution in [0.25, 0.3) is 136 Å². The summed E-state index contributed by atoms with van der Waals surface area (Å²) in [4.78, 5) is 0. The number of fused-ring (bicyclic) bond motifs is 13. The third kappa shape index (κ3) is 4.32. The molecule has 0 saturated carbocycles. The second-order valence-electron chi connectivity index (χ2n) is 16.4. The number of hydrogen-bond donors (Lipinski definition) is 0. The Balaban J connectivity index is 0.957. The molecule has 276 valence electrons. The highest BCUT2D eigenvalue weighted by Crippen LogP contribution is 2.45. The minimum absolute atomic E-state index is 0.900. The van der Waals surface area contributed by atoms with Crippen molar-refractivity contribution in [2.75, 3.05) is 0 Å². The molecule has 2 aromatic heterocycles. The van der Waals surface area contributed by atoms with Gasteiger partial charge in [0.25, 0.3) is 0 Å². The van der Waals surface area contributed by atoms with Gasteiger partial charge in [-0.1, -0.05) is 146 Å². The molecule has 2 heteroatoms. The van der Waals surface area contributed by atoms with Gasteiger partial charge in [-0.3, -0.25) is 0 Å². The summed E-state index contributed by atoms with van der Waals surface area (Å²) in [7, 11) is 0. The van der Waals surface area contributed by atoms with E-state index >= 15 is 0 Å². The van der Waals surface area contributed by atoms with Crippen LogP contribution in [0.3, 0.4) is 0 Å². The molecule has 0 N–H and O–H groups in total. The molecule has 0 aliphatic carbocycles. The van der Waals surface area contributed by atoms with Crippen LogP contribution in [-0.2, 0) is 0 Å². The zero-order chi connectivity index (χ0) is 39.1. The summed E-state index contributed by atoms with van der Waals surface area (Å²) in [5.74, 6) is 0. The van der Waals surface area contributed by atoms with E-state index in [1.54, 1.807) is 0 Å². The molecule has 60 heavy (non-hydrogen) atoms. The van der Waals surface area contributed by atoms with Gasteiger partial charge in [0.1, 0.15) is 11.2 Å². The Morgan fingerprint density at radius 2 is 0.850 bits per heavy atom.